The quantitative estimate of drug-likeness (QED) is 0.697. The summed E-state index contributed by atoms with van der Waals surface area (Å²) in [6.45, 7) is 1.78. The molecule has 6 nitrogen and oxygen atoms in total. The van der Waals surface area contributed by atoms with Gasteiger partial charge in [0.25, 0.3) is 10.0 Å². The van der Waals surface area contributed by atoms with Crippen LogP contribution in [0.2, 0.25) is 5.02 Å². The number of aryl methyl sites for hydroxylation is 1. The molecule has 0 radical (unpaired) electrons. The number of hydrogen-bond acceptors (Lipinski definition) is 5. The number of anilines is 1. The van der Waals surface area contributed by atoms with Gasteiger partial charge in [-0.1, -0.05) is 16.8 Å². The van der Waals surface area contributed by atoms with Crippen molar-refractivity contribution in [2.24, 2.45) is 0 Å². The summed E-state index contributed by atoms with van der Waals surface area (Å²) in [5, 5.41) is 3.75. The molecule has 0 bridgehead atoms. The Hall–Kier alpha value is -2.58. The third-order valence-corrected chi connectivity index (χ3v) is 5.26. The van der Waals surface area contributed by atoms with Gasteiger partial charge in [0.2, 0.25) is 0 Å². The van der Waals surface area contributed by atoms with E-state index in [2.05, 4.69) is 9.88 Å². The van der Waals surface area contributed by atoms with Crippen LogP contribution in [0.3, 0.4) is 0 Å². The molecule has 0 amide bonds. The minimum absolute atomic E-state index is 0.0544. The molecule has 1 aromatic heterocycles. The van der Waals surface area contributed by atoms with E-state index in [9.17, 15) is 12.8 Å². The minimum Gasteiger partial charge on any atom is -0.495 e. The van der Waals surface area contributed by atoms with E-state index in [1.807, 2.05) is 0 Å². The first-order valence-electron chi connectivity index (χ1n) is 7.40. The van der Waals surface area contributed by atoms with E-state index in [0.717, 1.165) is 12.1 Å². The summed E-state index contributed by atoms with van der Waals surface area (Å²) in [6, 6.07) is 9.57. The number of sulfonamides is 1. The predicted molar refractivity (Wildman–Crippen MR) is 95.4 cm³/mol. The van der Waals surface area contributed by atoms with Crippen LogP contribution in [0.1, 0.15) is 5.69 Å². The summed E-state index contributed by atoms with van der Waals surface area (Å²) in [5.41, 5.74) is 1.37. The van der Waals surface area contributed by atoms with Gasteiger partial charge in [-0.15, -0.1) is 0 Å². The Kier molecular flexibility index (Phi) is 4.88. The normalized spacial score (nSPS) is 11.4. The van der Waals surface area contributed by atoms with Crippen LogP contribution in [0.4, 0.5) is 10.1 Å². The first kappa shape index (κ1) is 18.2. The van der Waals surface area contributed by atoms with Crippen molar-refractivity contribution in [2.75, 3.05) is 11.8 Å². The molecule has 0 spiro atoms. The van der Waals surface area contributed by atoms with Crippen LogP contribution < -0.4 is 9.46 Å². The number of methoxy groups -OCH3 is 1. The average molecular weight is 397 g/mol. The van der Waals surface area contributed by atoms with Crippen molar-refractivity contribution in [1.29, 1.82) is 0 Å². The monoisotopic (exact) mass is 396 g/mol. The van der Waals surface area contributed by atoms with Crippen molar-refractivity contribution in [3.8, 4) is 17.1 Å². The molecule has 0 aliphatic heterocycles. The Morgan fingerprint density at radius 3 is 2.58 bits per heavy atom. The summed E-state index contributed by atoms with van der Waals surface area (Å²) in [6.07, 6.45) is 0. The lowest BCUT2D eigenvalue weighted by Gasteiger charge is -2.13. The second-order valence-electron chi connectivity index (χ2n) is 5.43. The van der Waals surface area contributed by atoms with Gasteiger partial charge in [0.1, 0.15) is 16.5 Å². The van der Waals surface area contributed by atoms with Gasteiger partial charge in [-0.2, -0.15) is 0 Å². The average Bonchev–Trinajstić information content (AvgIpc) is 3.03. The molecule has 0 saturated carbocycles. The third-order valence-electron chi connectivity index (χ3n) is 3.54. The Morgan fingerprint density at radius 2 is 1.96 bits per heavy atom. The van der Waals surface area contributed by atoms with Crippen LogP contribution in [-0.4, -0.2) is 20.7 Å². The molecule has 1 N–H and O–H groups in total. The lowest BCUT2D eigenvalue weighted by Crippen LogP contribution is -2.14. The number of halogens is 2. The van der Waals surface area contributed by atoms with Crippen LogP contribution >= 0.6 is 11.6 Å². The summed E-state index contributed by atoms with van der Waals surface area (Å²) >= 11 is 5.89. The lowest BCUT2D eigenvalue weighted by molar-refractivity contribution is 0.402. The van der Waals surface area contributed by atoms with Gasteiger partial charge in [-0.25, -0.2) is 12.8 Å². The Balaban J connectivity index is 1.99. The molecule has 2 aromatic carbocycles. The highest BCUT2D eigenvalue weighted by atomic mass is 35.5. The van der Waals surface area contributed by atoms with Gasteiger partial charge in [0.05, 0.1) is 23.5 Å². The largest absolute Gasteiger partial charge is 0.495 e. The topological polar surface area (TPSA) is 81.4 Å². The van der Waals surface area contributed by atoms with Crippen molar-refractivity contribution in [2.45, 2.75) is 11.8 Å². The zero-order chi connectivity index (χ0) is 18.9. The van der Waals surface area contributed by atoms with E-state index in [4.69, 9.17) is 20.9 Å². The number of nitrogens with zero attached hydrogens (tertiary/aromatic N) is 1. The van der Waals surface area contributed by atoms with Gasteiger partial charge in [0.15, 0.2) is 5.76 Å². The first-order chi connectivity index (χ1) is 12.3. The number of rotatable bonds is 5. The van der Waals surface area contributed by atoms with Crippen molar-refractivity contribution < 1.29 is 22.1 Å². The number of hydrogen-bond donors (Lipinski definition) is 1. The van der Waals surface area contributed by atoms with Crippen molar-refractivity contribution in [3.63, 3.8) is 0 Å². The Labute approximate surface area is 154 Å². The number of benzene rings is 2. The lowest BCUT2D eigenvalue weighted by atomic mass is 10.1. The summed E-state index contributed by atoms with van der Waals surface area (Å²) < 4.78 is 51.2. The number of nitrogens with one attached hydrogen (secondary N) is 1. The van der Waals surface area contributed by atoms with Crippen molar-refractivity contribution in [1.82, 2.24) is 5.16 Å². The SMILES string of the molecule is COc1cc(-c2cc(C)no2)ccc1S(=O)(=O)Nc1ccc(F)cc1Cl. The molecular weight excluding hydrogens is 383 g/mol. The second-order valence-corrected chi connectivity index (χ2v) is 7.49. The van der Waals surface area contributed by atoms with Crippen LogP contribution in [0.15, 0.2) is 51.9 Å². The molecule has 1 heterocycles. The van der Waals surface area contributed by atoms with Gasteiger partial charge < -0.3 is 9.26 Å². The maximum atomic E-state index is 13.1. The van der Waals surface area contributed by atoms with Crippen LogP contribution in [0.5, 0.6) is 5.75 Å². The van der Waals surface area contributed by atoms with Crippen LogP contribution in [0, 0.1) is 12.7 Å². The van der Waals surface area contributed by atoms with Crippen LogP contribution in [-0.2, 0) is 10.0 Å². The molecule has 3 rings (SSSR count). The second kappa shape index (κ2) is 6.97. The number of aromatic nitrogens is 1. The minimum atomic E-state index is -4.01. The zero-order valence-electron chi connectivity index (χ0n) is 13.8. The zero-order valence-corrected chi connectivity index (χ0v) is 15.4. The molecule has 0 fully saturated rings. The van der Waals surface area contributed by atoms with Gasteiger partial charge >= 0.3 is 0 Å². The predicted octanol–water partition coefficient (Wildman–Crippen LogP) is 4.25. The summed E-state index contributed by atoms with van der Waals surface area (Å²) in [5.74, 6) is 0.0313. The fourth-order valence-electron chi connectivity index (χ4n) is 2.31. The molecule has 0 unspecified atom stereocenters. The highest BCUT2D eigenvalue weighted by molar-refractivity contribution is 7.92. The van der Waals surface area contributed by atoms with E-state index in [1.165, 1.54) is 25.3 Å². The van der Waals surface area contributed by atoms with E-state index in [0.29, 0.717) is 17.0 Å². The molecule has 3 aromatic rings. The third kappa shape index (κ3) is 3.66. The maximum absolute atomic E-state index is 13.1. The molecular formula is C17H14ClFN2O4S. The van der Waals surface area contributed by atoms with Crippen molar-refractivity contribution in [3.05, 3.63) is 59.0 Å². The molecule has 0 aliphatic carbocycles. The van der Waals surface area contributed by atoms with E-state index in [1.54, 1.807) is 19.1 Å². The molecule has 0 atom stereocenters. The Bertz CT molecular complexity index is 1070. The molecule has 136 valence electrons. The number of ether oxygens (including phenoxy) is 1. The Morgan fingerprint density at radius 1 is 1.19 bits per heavy atom. The first-order valence-corrected chi connectivity index (χ1v) is 9.26. The molecule has 9 heteroatoms. The highest BCUT2D eigenvalue weighted by Crippen LogP contribution is 2.32. The van der Waals surface area contributed by atoms with Gasteiger partial charge in [-0.05, 0) is 43.3 Å². The summed E-state index contributed by atoms with van der Waals surface area (Å²) in [4.78, 5) is -0.0969. The van der Waals surface area contributed by atoms with Gasteiger partial charge in [-0.3, -0.25) is 4.72 Å². The van der Waals surface area contributed by atoms with Gasteiger partial charge in [0, 0.05) is 11.6 Å². The maximum Gasteiger partial charge on any atom is 0.265 e. The fourth-order valence-corrected chi connectivity index (χ4v) is 3.82. The van der Waals surface area contributed by atoms with Crippen LogP contribution in [0.25, 0.3) is 11.3 Å². The summed E-state index contributed by atoms with van der Waals surface area (Å²) in [7, 11) is -2.66. The molecule has 0 aliphatic rings. The van der Waals surface area contributed by atoms with E-state index < -0.39 is 15.8 Å². The molecule has 0 saturated heterocycles. The van der Waals surface area contributed by atoms with E-state index in [-0.39, 0.29) is 21.4 Å². The van der Waals surface area contributed by atoms with Crippen molar-refractivity contribution >= 4 is 27.3 Å². The standard InChI is InChI=1S/C17H14ClFN2O4S/c1-10-7-15(25-20-10)11-3-6-17(16(8-11)24-2)26(22,23)21-14-5-4-12(19)9-13(14)18/h3-9,21H,1-2H3. The molecule has 26 heavy (non-hydrogen) atoms. The smallest absolute Gasteiger partial charge is 0.265 e. The fraction of sp³-hybridized carbons (Fsp3) is 0.118. The highest BCUT2D eigenvalue weighted by Gasteiger charge is 2.22. The van der Waals surface area contributed by atoms with E-state index >= 15 is 0 Å².